The van der Waals surface area contributed by atoms with E-state index in [9.17, 15) is 13.2 Å². The van der Waals surface area contributed by atoms with Gasteiger partial charge in [0.1, 0.15) is 0 Å². The van der Waals surface area contributed by atoms with Crippen LogP contribution in [-0.4, -0.2) is 32.6 Å². The molecule has 3 aromatic rings. The molecular weight excluding hydrogens is 384 g/mol. The summed E-state index contributed by atoms with van der Waals surface area (Å²) in [5, 5.41) is 0.0932. The Balaban J connectivity index is 1.92. The zero-order chi connectivity index (χ0) is 19.6. The standard InChI is InChI=1S/C20H17ClN2O3S/c1-23(15-7-5-6-14(12-15)19-8-3-4-11-22-19)20(24)17-10-9-16(13-18(17)21)27(2,25)26/h3-13H,1-2H3. The van der Waals surface area contributed by atoms with E-state index in [1.165, 1.54) is 23.1 Å². The van der Waals surface area contributed by atoms with Crippen molar-refractivity contribution in [2.24, 2.45) is 0 Å². The number of hydrogen-bond donors (Lipinski definition) is 0. The fourth-order valence-corrected chi connectivity index (χ4v) is 3.58. The molecule has 3 rings (SSSR count). The van der Waals surface area contributed by atoms with E-state index in [0.29, 0.717) is 5.69 Å². The van der Waals surface area contributed by atoms with Gasteiger partial charge in [-0.1, -0.05) is 29.8 Å². The summed E-state index contributed by atoms with van der Waals surface area (Å²) < 4.78 is 23.3. The van der Waals surface area contributed by atoms with Crippen molar-refractivity contribution >= 4 is 33.0 Å². The highest BCUT2D eigenvalue weighted by Gasteiger charge is 2.19. The largest absolute Gasteiger partial charge is 0.311 e. The highest BCUT2D eigenvalue weighted by Crippen LogP contribution is 2.26. The Morgan fingerprint density at radius 1 is 1.04 bits per heavy atom. The van der Waals surface area contributed by atoms with Gasteiger partial charge in [0, 0.05) is 30.8 Å². The maximum Gasteiger partial charge on any atom is 0.259 e. The van der Waals surface area contributed by atoms with Gasteiger partial charge in [0.2, 0.25) is 0 Å². The lowest BCUT2D eigenvalue weighted by Crippen LogP contribution is -2.26. The van der Waals surface area contributed by atoms with Crippen molar-refractivity contribution in [1.82, 2.24) is 4.98 Å². The molecule has 1 amide bonds. The number of carbonyl (C=O) groups is 1. The molecule has 138 valence electrons. The van der Waals surface area contributed by atoms with Crippen LogP contribution < -0.4 is 4.90 Å². The van der Waals surface area contributed by atoms with Gasteiger partial charge in [0.05, 0.1) is 21.2 Å². The molecule has 5 nitrogen and oxygen atoms in total. The third-order valence-corrected chi connectivity index (χ3v) is 5.52. The number of sulfone groups is 1. The summed E-state index contributed by atoms with van der Waals surface area (Å²) in [6.07, 6.45) is 2.80. The van der Waals surface area contributed by atoms with Gasteiger partial charge in [0.15, 0.2) is 9.84 Å². The summed E-state index contributed by atoms with van der Waals surface area (Å²) in [5.74, 6) is -0.335. The number of rotatable bonds is 4. The van der Waals surface area contributed by atoms with Crippen LogP contribution in [-0.2, 0) is 9.84 Å². The van der Waals surface area contributed by atoms with E-state index < -0.39 is 9.84 Å². The second-order valence-corrected chi connectivity index (χ2v) is 8.47. The van der Waals surface area contributed by atoms with E-state index in [2.05, 4.69) is 4.98 Å². The quantitative estimate of drug-likeness (QED) is 0.661. The van der Waals surface area contributed by atoms with Crippen LogP contribution in [0.5, 0.6) is 0 Å². The molecule has 1 heterocycles. The number of carbonyl (C=O) groups excluding carboxylic acids is 1. The molecule has 0 fully saturated rings. The van der Waals surface area contributed by atoms with E-state index in [-0.39, 0.29) is 21.4 Å². The topological polar surface area (TPSA) is 67.3 Å². The third kappa shape index (κ3) is 4.18. The Kier molecular flexibility index (Phi) is 5.30. The smallest absolute Gasteiger partial charge is 0.259 e. The van der Waals surface area contributed by atoms with Crippen LogP contribution >= 0.6 is 11.6 Å². The molecule has 0 aliphatic rings. The molecule has 7 heteroatoms. The first-order chi connectivity index (χ1) is 12.8. The Bertz CT molecular complexity index is 1100. The van der Waals surface area contributed by atoms with Crippen molar-refractivity contribution in [3.8, 4) is 11.3 Å². The van der Waals surface area contributed by atoms with Crippen molar-refractivity contribution in [3.05, 3.63) is 77.4 Å². The summed E-state index contributed by atoms with van der Waals surface area (Å²) >= 11 is 6.17. The van der Waals surface area contributed by atoms with Crippen LogP contribution in [0, 0.1) is 0 Å². The third-order valence-electron chi connectivity index (χ3n) is 4.10. The van der Waals surface area contributed by atoms with Crippen LogP contribution in [0.3, 0.4) is 0 Å². The molecule has 0 bridgehead atoms. The summed E-state index contributed by atoms with van der Waals surface area (Å²) in [4.78, 5) is 18.7. The van der Waals surface area contributed by atoms with Crippen LogP contribution in [0.25, 0.3) is 11.3 Å². The SMILES string of the molecule is CN(C(=O)c1ccc(S(C)(=O)=O)cc1Cl)c1cccc(-c2ccccn2)c1. The van der Waals surface area contributed by atoms with Crippen molar-refractivity contribution in [3.63, 3.8) is 0 Å². The number of amides is 1. The molecule has 0 atom stereocenters. The lowest BCUT2D eigenvalue weighted by Gasteiger charge is -2.19. The second-order valence-electron chi connectivity index (χ2n) is 6.04. The number of nitrogens with zero attached hydrogens (tertiary/aromatic N) is 2. The van der Waals surface area contributed by atoms with Gasteiger partial charge in [-0.05, 0) is 42.5 Å². The Morgan fingerprint density at radius 3 is 2.44 bits per heavy atom. The van der Waals surface area contributed by atoms with Crippen LogP contribution in [0.1, 0.15) is 10.4 Å². The van der Waals surface area contributed by atoms with Crippen molar-refractivity contribution in [2.45, 2.75) is 4.90 Å². The molecule has 0 unspecified atom stereocenters. The first kappa shape index (κ1) is 19.1. The van der Waals surface area contributed by atoms with E-state index in [4.69, 9.17) is 11.6 Å². The number of hydrogen-bond acceptors (Lipinski definition) is 4. The molecule has 27 heavy (non-hydrogen) atoms. The van der Waals surface area contributed by atoms with Crippen LogP contribution in [0.2, 0.25) is 5.02 Å². The summed E-state index contributed by atoms with van der Waals surface area (Å²) in [5.41, 5.74) is 2.59. The maximum atomic E-state index is 12.9. The molecular formula is C20H17ClN2O3S. The predicted molar refractivity (Wildman–Crippen MR) is 107 cm³/mol. The summed E-state index contributed by atoms with van der Waals surface area (Å²) in [7, 11) is -1.75. The van der Waals surface area contributed by atoms with E-state index in [0.717, 1.165) is 17.5 Å². The zero-order valence-electron chi connectivity index (χ0n) is 14.8. The Morgan fingerprint density at radius 2 is 1.81 bits per heavy atom. The highest BCUT2D eigenvalue weighted by molar-refractivity contribution is 7.90. The van der Waals surface area contributed by atoms with Gasteiger partial charge in [-0.15, -0.1) is 0 Å². The second kappa shape index (κ2) is 7.50. The Labute approximate surface area is 163 Å². The molecule has 0 N–H and O–H groups in total. The first-order valence-corrected chi connectivity index (χ1v) is 10.3. The van der Waals surface area contributed by atoms with Gasteiger partial charge < -0.3 is 4.90 Å². The molecule has 0 aliphatic carbocycles. The maximum absolute atomic E-state index is 12.9. The number of aromatic nitrogens is 1. The number of halogens is 1. The van der Waals surface area contributed by atoms with Gasteiger partial charge in [0.25, 0.3) is 5.91 Å². The minimum Gasteiger partial charge on any atom is -0.311 e. The van der Waals surface area contributed by atoms with E-state index >= 15 is 0 Å². The Hall–Kier alpha value is -2.70. The predicted octanol–water partition coefficient (Wildman–Crippen LogP) is 4.08. The lowest BCUT2D eigenvalue weighted by molar-refractivity contribution is 0.0993. The van der Waals surface area contributed by atoms with Crippen molar-refractivity contribution in [2.75, 3.05) is 18.2 Å². The van der Waals surface area contributed by atoms with Crippen molar-refractivity contribution < 1.29 is 13.2 Å². The molecule has 0 spiro atoms. The zero-order valence-corrected chi connectivity index (χ0v) is 16.3. The van der Waals surface area contributed by atoms with Crippen molar-refractivity contribution in [1.29, 1.82) is 0 Å². The molecule has 0 radical (unpaired) electrons. The van der Waals surface area contributed by atoms with Crippen LogP contribution in [0.15, 0.2) is 71.8 Å². The molecule has 0 saturated carbocycles. The number of pyridine rings is 1. The summed E-state index contributed by atoms with van der Waals surface area (Å²) in [6.45, 7) is 0. The van der Waals surface area contributed by atoms with Crippen LogP contribution in [0.4, 0.5) is 5.69 Å². The molecule has 0 aliphatic heterocycles. The molecule has 1 aromatic heterocycles. The minimum absolute atomic E-state index is 0.0730. The first-order valence-electron chi connectivity index (χ1n) is 8.06. The van der Waals surface area contributed by atoms with Gasteiger partial charge in [-0.2, -0.15) is 0 Å². The average Bonchev–Trinajstić information content (AvgIpc) is 2.67. The fourth-order valence-electron chi connectivity index (χ4n) is 2.61. The van der Waals surface area contributed by atoms with Gasteiger partial charge >= 0.3 is 0 Å². The average molecular weight is 401 g/mol. The number of benzene rings is 2. The highest BCUT2D eigenvalue weighted by atomic mass is 35.5. The minimum atomic E-state index is -3.39. The molecule has 2 aromatic carbocycles. The van der Waals surface area contributed by atoms with Gasteiger partial charge in [-0.25, -0.2) is 8.42 Å². The fraction of sp³-hybridized carbons (Fsp3) is 0.100. The normalized spacial score (nSPS) is 11.2. The monoisotopic (exact) mass is 400 g/mol. The lowest BCUT2D eigenvalue weighted by atomic mass is 10.1. The van der Waals surface area contributed by atoms with Gasteiger partial charge in [-0.3, -0.25) is 9.78 Å². The van der Waals surface area contributed by atoms with E-state index in [1.54, 1.807) is 13.2 Å². The van der Waals surface area contributed by atoms with E-state index in [1.807, 2.05) is 42.5 Å². The number of anilines is 1. The molecule has 0 saturated heterocycles. The summed E-state index contributed by atoms with van der Waals surface area (Å²) in [6, 6.07) is 17.2.